The van der Waals surface area contributed by atoms with E-state index in [0.717, 1.165) is 6.54 Å². The van der Waals surface area contributed by atoms with E-state index in [4.69, 9.17) is 5.73 Å². The second-order valence-corrected chi connectivity index (χ2v) is 5.91. The van der Waals surface area contributed by atoms with Crippen LogP contribution in [0.25, 0.3) is 0 Å². The fourth-order valence-corrected chi connectivity index (χ4v) is 2.55. The number of anilines is 1. The highest BCUT2D eigenvalue weighted by molar-refractivity contribution is 5.95. The Bertz CT molecular complexity index is 436. The third-order valence-electron chi connectivity index (χ3n) is 3.57. The van der Waals surface area contributed by atoms with Gasteiger partial charge in [0, 0.05) is 17.8 Å². The van der Waals surface area contributed by atoms with Crippen molar-refractivity contribution in [2.24, 2.45) is 11.3 Å². The zero-order valence-corrected chi connectivity index (χ0v) is 11.2. The summed E-state index contributed by atoms with van der Waals surface area (Å²) in [4.78, 5) is 12.0. The number of nitrogens with one attached hydrogen (secondary N) is 1. The summed E-state index contributed by atoms with van der Waals surface area (Å²) < 4.78 is 0. The minimum atomic E-state index is -0.0164. The molecule has 0 radical (unpaired) electrons. The number of hydrogen-bond donors (Lipinski definition) is 2. The lowest BCUT2D eigenvalue weighted by molar-refractivity contribution is 0.0942. The Balaban J connectivity index is 1.89. The normalized spacial score (nSPS) is 16.6. The first kappa shape index (κ1) is 12.9. The molecule has 2 rings (SSSR count). The minimum Gasteiger partial charge on any atom is -0.399 e. The van der Waals surface area contributed by atoms with Gasteiger partial charge in [-0.05, 0) is 48.8 Å². The molecule has 3 N–H and O–H groups in total. The van der Waals surface area contributed by atoms with Gasteiger partial charge >= 0.3 is 0 Å². The summed E-state index contributed by atoms with van der Waals surface area (Å²) in [7, 11) is 0. The Morgan fingerprint density at radius 1 is 1.44 bits per heavy atom. The van der Waals surface area contributed by atoms with E-state index < -0.39 is 0 Å². The lowest BCUT2D eigenvalue weighted by atomic mass is 9.94. The molecule has 1 aromatic carbocycles. The predicted molar refractivity (Wildman–Crippen MR) is 74.3 cm³/mol. The van der Waals surface area contributed by atoms with Crippen LogP contribution in [0.1, 0.15) is 43.5 Å². The van der Waals surface area contributed by atoms with Crippen molar-refractivity contribution in [2.75, 3.05) is 12.3 Å². The summed E-state index contributed by atoms with van der Waals surface area (Å²) >= 11 is 0. The van der Waals surface area contributed by atoms with Crippen LogP contribution in [-0.2, 0) is 0 Å². The molecule has 98 valence electrons. The van der Waals surface area contributed by atoms with Gasteiger partial charge in [0.15, 0.2) is 0 Å². The molecule has 1 saturated carbocycles. The lowest BCUT2D eigenvalue weighted by Crippen LogP contribution is -2.30. The highest BCUT2D eigenvalue weighted by atomic mass is 16.1. The van der Waals surface area contributed by atoms with E-state index in [2.05, 4.69) is 19.2 Å². The fourth-order valence-electron chi connectivity index (χ4n) is 2.55. The molecule has 3 nitrogen and oxygen atoms in total. The van der Waals surface area contributed by atoms with Crippen LogP contribution in [-0.4, -0.2) is 12.5 Å². The topological polar surface area (TPSA) is 55.1 Å². The van der Waals surface area contributed by atoms with E-state index >= 15 is 0 Å². The van der Waals surface area contributed by atoms with E-state index in [9.17, 15) is 4.79 Å². The van der Waals surface area contributed by atoms with E-state index in [0.29, 0.717) is 22.6 Å². The Morgan fingerprint density at radius 2 is 2.17 bits per heavy atom. The first-order chi connectivity index (χ1) is 8.51. The van der Waals surface area contributed by atoms with Gasteiger partial charge in [-0.25, -0.2) is 0 Å². The molecule has 0 bridgehead atoms. The molecule has 0 unspecified atom stereocenters. The number of hydrogen-bond acceptors (Lipinski definition) is 2. The van der Waals surface area contributed by atoms with Gasteiger partial charge < -0.3 is 11.1 Å². The number of nitrogens with two attached hydrogens (primary N) is 1. The zero-order chi connectivity index (χ0) is 13.2. The smallest absolute Gasteiger partial charge is 0.251 e. The molecule has 0 aliphatic heterocycles. The number of amides is 1. The predicted octanol–water partition coefficient (Wildman–Crippen LogP) is 2.82. The van der Waals surface area contributed by atoms with Crippen LogP contribution in [0.2, 0.25) is 0 Å². The van der Waals surface area contributed by atoms with Crippen LogP contribution in [0.4, 0.5) is 5.69 Å². The fraction of sp³-hybridized carbons (Fsp3) is 0.533. The maximum atomic E-state index is 12.0. The molecular formula is C15H22N2O. The summed E-state index contributed by atoms with van der Waals surface area (Å²) in [6.45, 7) is 5.26. The first-order valence-corrected chi connectivity index (χ1v) is 6.64. The van der Waals surface area contributed by atoms with Gasteiger partial charge in [0.1, 0.15) is 0 Å². The SMILES string of the molecule is CC(C)CC1(CNC(=O)c2cccc(N)c2)CC1. The van der Waals surface area contributed by atoms with Gasteiger partial charge in [0.2, 0.25) is 0 Å². The molecule has 0 aromatic heterocycles. The maximum absolute atomic E-state index is 12.0. The van der Waals surface area contributed by atoms with Crippen molar-refractivity contribution in [2.45, 2.75) is 33.1 Å². The molecular weight excluding hydrogens is 224 g/mol. The second-order valence-electron chi connectivity index (χ2n) is 5.91. The average Bonchev–Trinajstić information content (AvgIpc) is 3.05. The van der Waals surface area contributed by atoms with Gasteiger partial charge in [-0.15, -0.1) is 0 Å². The first-order valence-electron chi connectivity index (χ1n) is 6.64. The average molecular weight is 246 g/mol. The van der Waals surface area contributed by atoms with Crippen LogP contribution >= 0.6 is 0 Å². The largest absolute Gasteiger partial charge is 0.399 e. The van der Waals surface area contributed by atoms with E-state index in [1.54, 1.807) is 18.2 Å². The quantitative estimate of drug-likeness (QED) is 0.785. The van der Waals surface area contributed by atoms with Gasteiger partial charge in [-0.2, -0.15) is 0 Å². The summed E-state index contributed by atoms with van der Waals surface area (Å²) in [5, 5.41) is 3.04. The summed E-state index contributed by atoms with van der Waals surface area (Å²) in [6, 6.07) is 7.12. The van der Waals surface area contributed by atoms with Crippen molar-refractivity contribution < 1.29 is 4.79 Å². The Hall–Kier alpha value is -1.51. The van der Waals surface area contributed by atoms with Crippen molar-refractivity contribution in [3.05, 3.63) is 29.8 Å². The van der Waals surface area contributed by atoms with Gasteiger partial charge in [-0.1, -0.05) is 19.9 Å². The van der Waals surface area contributed by atoms with Crippen LogP contribution in [0.15, 0.2) is 24.3 Å². The van der Waals surface area contributed by atoms with Crippen molar-refractivity contribution in [1.82, 2.24) is 5.32 Å². The van der Waals surface area contributed by atoms with Gasteiger partial charge in [0.25, 0.3) is 5.91 Å². The Labute approximate surface area is 109 Å². The van der Waals surface area contributed by atoms with Crippen LogP contribution in [0.5, 0.6) is 0 Å². The molecule has 0 atom stereocenters. The number of nitrogen functional groups attached to an aromatic ring is 1. The summed E-state index contributed by atoms with van der Waals surface area (Å²) in [5.41, 5.74) is 7.32. The van der Waals surface area contributed by atoms with E-state index in [-0.39, 0.29) is 5.91 Å². The number of carbonyl (C=O) groups excluding carboxylic acids is 1. The Kier molecular flexibility index (Phi) is 3.60. The summed E-state index contributed by atoms with van der Waals surface area (Å²) in [6.07, 6.45) is 3.68. The zero-order valence-electron chi connectivity index (χ0n) is 11.2. The molecule has 18 heavy (non-hydrogen) atoms. The lowest BCUT2D eigenvalue weighted by Gasteiger charge is -2.18. The van der Waals surface area contributed by atoms with Gasteiger partial charge in [-0.3, -0.25) is 4.79 Å². The molecule has 1 fully saturated rings. The number of benzene rings is 1. The highest BCUT2D eigenvalue weighted by Crippen LogP contribution is 2.50. The minimum absolute atomic E-state index is 0.0164. The second kappa shape index (κ2) is 5.01. The number of rotatable bonds is 5. The van der Waals surface area contributed by atoms with Gasteiger partial charge in [0.05, 0.1) is 0 Å². The summed E-state index contributed by atoms with van der Waals surface area (Å²) in [5.74, 6) is 0.675. The third-order valence-corrected chi connectivity index (χ3v) is 3.57. The van der Waals surface area contributed by atoms with Crippen molar-refractivity contribution in [3.63, 3.8) is 0 Å². The van der Waals surface area contributed by atoms with Crippen molar-refractivity contribution >= 4 is 11.6 Å². The third kappa shape index (κ3) is 3.25. The standard InChI is InChI=1S/C15H22N2O/c1-11(2)9-15(6-7-15)10-17-14(18)12-4-3-5-13(16)8-12/h3-5,8,11H,6-7,9-10,16H2,1-2H3,(H,17,18). The van der Waals surface area contributed by atoms with Crippen LogP contribution in [0, 0.1) is 11.3 Å². The monoisotopic (exact) mass is 246 g/mol. The van der Waals surface area contributed by atoms with Crippen molar-refractivity contribution in [1.29, 1.82) is 0 Å². The van der Waals surface area contributed by atoms with Crippen LogP contribution < -0.4 is 11.1 Å². The Morgan fingerprint density at radius 3 is 2.72 bits per heavy atom. The molecule has 1 amide bonds. The molecule has 1 aromatic rings. The van der Waals surface area contributed by atoms with E-state index in [1.807, 2.05) is 6.07 Å². The molecule has 1 aliphatic carbocycles. The van der Waals surface area contributed by atoms with E-state index in [1.165, 1.54) is 19.3 Å². The van der Waals surface area contributed by atoms with Crippen molar-refractivity contribution in [3.8, 4) is 0 Å². The number of carbonyl (C=O) groups is 1. The maximum Gasteiger partial charge on any atom is 0.251 e. The highest BCUT2D eigenvalue weighted by Gasteiger charge is 2.42. The molecule has 1 aliphatic rings. The molecule has 0 heterocycles. The molecule has 3 heteroatoms. The molecule has 0 saturated heterocycles. The molecule has 0 spiro atoms. The van der Waals surface area contributed by atoms with Crippen LogP contribution in [0.3, 0.4) is 0 Å².